The molecule has 0 bridgehead atoms. The molecule has 0 fully saturated rings. The quantitative estimate of drug-likeness (QED) is 0.357. The van der Waals surface area contributed by atoms with E-state index in [1.165, 1.54) is 17.3 Å². The Labute approximate surface area is 172 Å². The Morgan fingerprint density at radius 3 is 2.76 bits per heavy atom. The Morgan fingerprint density at radius 2 is 1.90 bits per heavy atom. The molecule has 2 aromatic heterocycles. The van der Waals surface area contributed by atoms with E-state index in [9.17, 15) is 4.79 Å². The molecule has 0 aliphatic carbocycles. The van der Waals surface area contributed by atoms with Crippen LogP contribution in [0, 0.1) is 0 Å². The summed E-state index contributed by atoms with van der Waals surface area (Å²) in [6.45, 7) is 2.67. The summed E-state index contributed by atoms with van der Waals surface area (Å²) in [5.41, 5.74) is 3.09. The number of aromatic nitrogens is 2. The molecule has 6 heteroatoms. The number of carbonyl (C=O) groups excluding carboxylic acids is 1. The highest BCUT2D eigenvalue weighted by atomic mass is 32.2. The Morgan fingerprint density at radius 1 is 1.07 bits per heavy atom. The van der Waals surface area contributed by atoms with Crippen molar-refractivity contribution in [3.63, 3.8) is 0 Å². The average molecular weight is 401 g/mol. The van der Waals surface area contributed by atoms with E-state index in [0.717, 1.165) is 34.6 Å². The van der Waals surface area contributed by atoms with Crippen molar-refractivity contribution >= 4 is 34.3 Å². The SMILES string of the molecule is CC(Sc1nc(-c2ccco2)nc2ccccc12)C(=O)N1CCc2ccccc21. The molecule has 0 saturated carbocycles. The van der Waals surface area contributed by atoms with E-state index in [2.05, 4.69) is 11.1 Å². The van der Waals surface area contributed by atoms with Crippen molar-refractivity contribution in [1.82, 2.24) is 9.97 Å². The lowest BCUT2D eigenvalue weighted by Crippen LogP contribution is -2.35. The fourth-order valence-electron chi connectivity index (χ4n) is 3.66. The highest BCUT2D eigenvalue weighted by Crippen LogP contribution is 2.34. The molecule has 1 atom stereocenters. The summed E-state index contributed by atoms with van der Waals surface area (Å²) in [7, 11) is 0. The van der Waals surface area contributed by atoms with Crippen LogP contribution in [-0.2, 0) is 11.2 Å². The van der Waals surface area contributed by atoms with Crippen molar-refractivity contribution in [2.45, 2.75) is 23.6 Å². The number of furan rings is 1. The highest BCUT2D eigenvalue weighted by Gasteiger charge is 2.29. The third kappa shape index (κ3) is 3.29. The molecule has 0 saturated heterocycles. The number of nitrogens with zero attached hydrogens (tertiary/aromatic N) is 3. The molecule has 2 aromatic carbocycles. The molecule has 1 aliphatic heterocycles. The van der Waals surface area contributed by atoms with Crippen LogP contribution in [0.15, 0.2) is 76.4 Å². The lowest BCUT2D eigenvalue weighted by Gasteiger charge is -2.21. The Balaban J connectivity index is 1.47. The minimum atomic E-state index is -0.274. The normalized spacial score (nSPS) is 14.2. The summed E-state index contributed by atoms with van der Waals surface area (Å²) in [4.78, 5) is 24.4. The first-order valence-electron chi connectivity index (χ1n) is 9.57. The molecule has 5 nitrogen and oxygen atoms in total. The number of para-hydroxylation sites is 2. The first-order chi connectivity index (χ1) is 14.2. The summed E-state index contributed by atoms with van der Waals surface area (Å²) in [5.74, 6) is 1.25. The van der Waals surface area contributed by atoms with Gasteiger partial charge in [0.05, 0.1) is 17.0 Å². The van der Waals surface area contributed by atoms with Crippen LogP contribution in [0.25, 0.3) is 22.5 Å². The molecular weight excluding hydrogens is 382 g/mol. The third-order valence-electron chi connectivity index (χ3n) is 5.10. The number of hydrogen-bond acceptors (Lipinski definition) is 5. The zero-order chi connectivity index (χ0) is 19.8. The van der Waals surface area contributed by atoms with Crippen LogP contribution < -0.4 is 4.90 Å². The zero-order valence-corrected chi connectivity index (χ0v) is 16.7. The Bertz CT molecular complexity index is 1190. The van der Waals surface area contributed by atoms with Crippen LogP contribution in [0.2, 0.25) is 0 Å². The van der Waals surface area contributed by atoms with Crippen molar-refractivity contribution in [3.8, 4) is 11.6 Å². The number of thioether (sulfide) groups is 1. The first kappa shape index (κ1) is 17.9. The van der Waals surface area contributed by atoms with Gasteiger partial charge in [-0.15, -0.1) is 0 Å². The lowest BCUT2D eigenvalue weighted by atomic mass is 10.2. The Kier molecular flexibility index (Phi) is 4.56. The molecule has 1 unspecified atom stereocenters. The number of anilines is 1. The van der Waals surface area contributed by atoms with E-state index in [1.807, 2.05) is 66.4 Å². The molecule has 1 aliphatic rings. The van der Waals surface area contributed by atoms with Crippen molar-refractivity contribution in [2.75, 3.05) is 11.4 Å². The molecule has 5 rings (SSSR count). The van der Waals surface area contributed by atoms with Gasteiger partial charge in [0.2, 0.25) is 5.91 Å². The predicted octanol–water partition coefficient (Wildman–Crippen LogP) is 4.96. The molecular formula is C23H19N3O2S. The fraction of sp³-hybridized carbons (Fsp3) is 0.174. The van der Waals surface area contributed by atoms with Crippen molar-refractivity contribution in [2.24, 2.45) is 0 Å². The average Bonchev–Trinajstić information content (AvgIpc) is 3.43. The summed E-state index contributed by atoms with van der Waals surface area (Å²) >= 11 is 1.47. The predicted molar refractivity (Wildman–Crippen MR) is 115 cm³/mol. The van der Waals surface area contributed by atoms with Crippen LogP contribution >= 0.6 is 11.8 Å². The van der Waals surface area contributed by atoms with Crippen LogP contribution in [0.5, 0.6) is 0 Å². The zero-order valence-electron chi connectivity index (χ0n) is 15.9. The smallest absolute Gasteiger partial charge is 0.240 e. The van der Waals surface area contributed by atoms with Crippen LogP contribution in [0.4, 0.5) is 5.69 Å². The molecule has 4 aromatic rings. The van der Waals surface area contributed by atoms with Gasteiger partial charge >= 0.3 is 0 Å². The van der Waals surface area contributed by atoms with E-state index in [4.69, 9.17) is 9.40 Å². The van der Waals surface area contributed by atoms with E-state index in [0.29, 0.717) is 11.6 Å². The maximum atomic E-state index is 13.2. The topological polar surface area (TPSA) is 59.2 Å². The molecule has 29 heavy (non-hydrogen) atoms. The number of benzene rings is 2. The van der Waals surface area contributed by atoms with Gasteiger partial charge < -0.3 is 9.32 Å². The summed E-state index contributed by atoms with van der Waals surface area (Å²) < 4.78 is 5.49. The summed E-state index contributed by atoms with van der Waals surface area (Å²) in [6.07, 6.45) is 2.51. The van der Waals surface area contributed by atoms with Gasteiger partial charge in [0.15, 0.2) is 11.6 Å². The highest BCUT2D eigenvalue weighted by molar-refractivity contribution is 8.00. The number of rotatable bonds is 4. The van der Waals surface area contributed by atoms with Gasteiger partial charge in [-0.3, -0.25) is 4.79 Å². The molecule has 0 N–H and O–H groups in total. The standard InChI is InChI=1S/C23H19N3O2S/c1-15(23(27)26-13-12-16-7-2-5-10-19(16)26)29-22-17-8-3-4-9-18(17)24-21(25-22)20-11-6-14-28-20/h2-11,14-15H,12-13H2,1H3. The first-order valence-corrected chi connectivity index (χ1v) is 10.5. The number of carbonyl (C=O) groups is 1. The number of hydrogen-bond donors (Lipinski definition) is 0. The van der Waals surface area contributed by atoms with Gasteiger partial charge in [-0.1, -0.05) is 48.2 Å². The lowest BCUT2D eigenvalue weighted by molar-refractivity contribution is -0.117. The van der Waals surface area contributed by atoms with Crippen LogP contribution in [0.1, 0.15) is 12.5 Å². The fourth-order valence-corrected chi connectivity index (χ4v) is 4.66. The van der Waals surface area contributed by atoms with E-state index in [-0.39, 0.29) is 11.2 Å². The van der Waals surface area contributed by atoms with Gasteiger partial charge in [-0.2, -0.15) is 0 Å². The van der Waals surface area contributed by atoms with Crippen LogP contribution in [0.3, 0.4) is 0 Å². The van der Waals surface area contributed by atoms with Crippen molar-refractivity contribution in [1.29, 1.82) is 0 Å². The molecule has 0 spiro atoms. The molecule has 1 amide bonds. The second-order valence-corrected chi connectivity index (χ2v) is 8.30. The summed E-state index contributed by atoms with van der Waals surface area (Å²) in [6, 6.07) is 19.6. The van der Waals surface area contributed by atoms with Gasteiger partial charge in [-0.05, 0) is 43.2 Å². The largest absolute Gasteiger partial charge is 0.461 e. The van der Waals surface area contributed by atoms with Gasteiger partial charge in [-0.25, -0.2) is 9.97 Å². The van der Waals surface area contributed by atoms with Gasteiger partial charge in [0, 0.05) is 17.6 Å². The van der Waals surface area contributed by atoms with Crippen molar-refractivity contribution in [3.05, 3.63) is 72.5 Å². The number of amides is 1. The minimum absolute atomic E-state index is 0.0993. The summed E-state index contributed by atoms with van der Waals surface area (Å²) in [5, 5.41) is 1.45. The second kappa shape index (κ2) is 7.37. The molecule has 144 valence electrons. The van der Waals surface area contributed by atoms with E-state index in [1.54, 1.807) is 6.26 Å². The van der Waals surface area contributed by atoms with Gasteiger partial charge in [0.1, 0.15) is 5.03 Å². The third-order valence-corrected chi connectivity index (χ3v) is 6.19. The second-order valence-electron chi connectivity index (χ2n) is 6.98. The van der Waals surface area contributed by atoms with Crippen molar-refractivity contribution < 1.29 is 9.21 Å². The maximum Gasteiger partial charge on any atom is 0.240 e. The molecule has 3 heterocycles. The van der Waals surface area contributed by atoms with Crippen LogP contribution in [-0.4, -0.2) is 27.7 Å². The Hall–Kier alpha value is -3.12. The maximum absolute atomic E-state index is 13.2. The minimum Gasteiger partial charge on any atom is -0.461 e. The molecule has 0 radical (unpaired) electrons. The van der Waals surface area contributed by atoms with Gasteiger partial charge in [0.25, 0.3) is 0 Å². The number of fused-ring (bicyclic) bond motifs is 2. The monoisotopic (exact) mass is 401 g/mol. The van der Waals surface area contributed by atoms with E-state index < -0.39 is 0 Å². The van der Waals surface area contributed by atoms with E-state index >= 15 is 0 Å².